The molecule has 0 amide bonds. The van der Waals surface area contributed by atoms with Crippen molar-refractivity contribution in [1.29, 1.82) is 0 Å². The zero-order chi connectivity index (χ0) is 12.1. The van der Waals surface area contributed by atoms with Crippen molar-refractivity contribution in [2.24, 2.45) is 10.9 Å². The molecule has 0 spiro atoms. The Kier molecular flexibility index (Phi) is 4.69. The van der Waals surface area contributed by atoms with Crippen LogP contribution in [-0.2, 0) is 20.3 Å². The SMILES string of the molecule is CC1=NOS(=O)N1CCCCC(N)C(=O)O. The zero-order valence-corrected chi connectivity index (χ0v) is 9.77. The van der Waals surface area contributed by atoms with Crippen LogP contribution in [0.15, 0.2) is 5.16 Å². The van der Waals surface area contributed by atoms with Crippen molar-refractivity contribution in [3.63, 3.8) is 0 Å². The summed E-state index contributed by atoms with van der Waals surface area (Å²) in [4.78, 5) is 10.4. The molecule has 2 atom stereocenters. The number of hydrogen-bond donors (Lipinski definition) is 2. The highest BCUT2D eigenvalue weighted by Gasteiger charge is 2.23. The van der Waals surface area contributed by atoms with Crippen molar-refractivity contribution in [3.8, 4) is 0 Å². The third-order valence-electron chi connectivity index (χ3n) is 2.22. The summed E-state index contributed by atoms with van der Waals surface area (Å²) in [6.45, 7) is 2.22. The smallest absolute Gasteiger partial charge is 0.341 e. The number of aliphatic carboxylic acids is 1. The molecule has 0 aromatic rings. The van der Waals surface area contributed by atoms with Crippen LogP contribution in [0.2, 0.25) is 0 Å². The number of carboxylic acids is 1. The summed E-state index contributed by atoms with van der Waals surface area (Å²) in [6, 6.07) is -0.824. The number of amidine groups is 1. The number of carboxylic acid groups (broad SMARTS) is 1. The second-order valence-corrected chi connectivity index (χ2v) is 4.50. The molecule has 1 heterocycles. The fraction of sp³-hybridized carbons (Fsp3) is 0.750. The van der Waals surface area contributed by atoms with E-state index >= 15 is 0 Å². The van der Waals surface area contributed by atoms with E-state index in [9.17, 15) is 9.00 Å². The van der Waals surface area contributed by atoms with Crippen LogP contribution < -0.4 is 5.73 Å². The van der Waals surface area contributed by atoms with E-state index in [0.717, 1.165) is 0 Å². The van der Waals surface area contributed by atoms with Crippen LogP contribution in [0.25, 0.3) is 0 Å². The molecule has 0 radical (unpaired) electrons. The van der Waals surface area contributed by atoms with E-state index in [-0.39, 0.29) is 0 Å². The second-order valence-electron chi connectivity index (χ2n) is 3.47. The lowest BCUT2D eigenvalue weighted by Gasteiger charge is -2.13. The first-order valence-corrected chi connectivity index (χ1v) is 5.95. The fourth-order valence-corrected chi connectivity index (χ4v) is 2.04. The molecule has 7 nitrogen and oxygen atoms in total. The van der Waals surface area contributed by atoms with Gasteiger partial charge in [0.05, 0.1) is 0 Å². The fourth-order valence-electron chi connectivity index (χ4n) is 1.26. The molecule has 0 saturated heterocycles. The highest BCUT2D eigenvalue weighted by molar-refractivity contribution is 7.78. The monoisotopic (exact) mass is 249 g/mol. The first-order chi connectivity index (χ1) is 7.52. The highest BCUT2D eigenvalue weighted by atomic mass is 32.2. The van der Waals surface area contributed by atoms with Gasteiger partial charge in [-0.2, -0.15) is 4.21 Å². The molecule has 0 aliphatic carbocycles. The van der Waals surface area contributed by atoms with E-state index in [2.05, 4.69) is 9.44 Å². The average Bonchev–Trinajstić information content (AvgIpc) is 2.54. The topological polar surface area (TPSA) is 105 Å². The standard InChI is InChI=1S/C8H15N3O4S/c1-6-10-15-16(14)11(6)5-3-2-4-7(9)8(12)13/h7H,2-5,9H2,1H3,(H,12,13). The number of nitrogens with two attached hydrogens (primary N) is 1. The summed E-state index contributed by atoms with van der Waals surface area (Å²) < 4.78 is 17.3. The minimum atomic E-state index is -1.53. The van der Waals surface area contributed by atoms with Gasteiger partial charge in [0.1, 0.15) is 6.04 Å². The van der Waals surface area contributed by atoms with Gasteiger partial charge in [-0.15, -0.1) is 0 Å². The molecule has 8 heteroatoms. The van der Waals surface area contributed by atoms with E-state index in [0.29, 0.717) is 31.6 Å². The third-order valence-corrected chi connectivity index (χ3v) is 3.23. The van der Waals surface area contributed by atoms with Crippen LogP contribution in [0.4, 0.5) is 0 Å². The first-order valence-electron chi connectivity index (χ1n) is 4.92. The van der Waals surface area contributed by atoms with Crippen molar-refractivity contribution in [2.75, 3.05) is 6.54 Å². The molecule has 16 heavy (non-hydrogen) atoms. The van der Waals surface area contributed by atoms with Gasteiger partial charge in [0.15, 0.2) is 5.84 Å². The van der Waals surface area contributed by atoms with Gasteiger partial charge in [-0.1, -0.05) is 5.16 Å². The summed E-state index contributed by atoms with van der Waals surface area (Å²) in [7, 11) is 0. The van der Waals surface area contributed by atoms with E-state index in [4.69, 9.17) is 10.8 Å². The predicted octanol–water partition coefficient (Wildman–Crippen LogP) is -0.187. The number of hydrogen-bond acceptors (Lipinski definition) is 5. The summed E-state index contributed by atoms with van der Waals surface area (Å²) in [5, 5.41) is 12.1. The molecule has 2 unspecified atom stereocenters. The van der Waals surface area contributed by atoms with Crippen molar-refractivity contribution in [3.05, 3.63) is 0 Å². The number of rotatable bonds is 6. The number of carbonyl (C=O) groups is 1. The van der Waals surface area contributed by atoms with Crippen molar-refractivity contribution >= 4 is 23.1 Å². The highest BCUT2D eigenvalue weighted by Crippen LogP contribution is 2.11. The largest absolute Gasteiger partial charge is 0.480 e. The molecular formula is C8H15N3O4S. The normalized spacial score (nSPS) is 21.5. The maximum absolute atomic E-state index is 11.2. The summed E-state index contributed by atoms with van der Waals surface area (Å²) >= 11 is -1.53. The molecule has 0 aromatic carbocycles. The average molecular weight is 249 g/mol. The molecule has 1 aliphatic rings. The van der Waals surface area contributed by atoms with E-state index in [1.807, 2.05) is 0 Å². The Labute approximate surface area is 96.0 Å². The maximum atomic E-state index is 11.2. The van der Waals surface area contributed by atoms with E-state index in [1.54, 1.807) is 6.92 Å². The molecular weight excluding hydrogens is 234 g/mol. The molecule has 0 fully saturated rings. The molecule has 0 saturated carbocycles. The molecule has 92 valence electrons. The van der Waals surface area contributed by atoms with E-state index < -0.39 is 23.3 Å². The Morgan fingerprint density at radius 2 is 2.38 bits per heavy atom. The zero-order valence-electron chi connectivity index (χ0n) is 8.96. The van der Waals surface area contributed by atoms with Gasteiger partial charge in [0.25, 0.3) is 0 Å². The van der Waals surface area contributed by atoms with Crippen molar-refractivity contribution in [2.45, 2.75) is 32.2 Å². The summed E-state index contributed by atoms with van der Waals surface area (Å²) in [5.41, 5.74) is 5.34. The number of oxime groups is 1. The molecule has 1 aliphatic heterocycles. The van der Waals surface area contributed by atoms with Crippen molar-refractivity contribution in [1.82, 2.24) is 4.31 Å². The van der Waals surface area contributed by atoms with E-state index in [1.165, 1.54) is 4.31 Å². The summed E-state index contributed by atoms with van der Waals surface area (Å²) in [6.07, 6.45) is 1.77. The Hall–Kier alpha value is -1.15. The lowest BCUT2D eigenvalue weighted by molar-refractivity contribution is -0.138. The van der Waals surface area contributed by atoms with Gasteiger partial charge < -0.3 is 10.8 Å². The minimum Gasteiger partial charge on any atom is -0.480 e. The molecule has 0 bridgehead atoms. The van der Waals surface area contributed by atoms with Crippen LogP contribution in [0, 0.1) is 0 Å². The molecule has 0 aromatic heterocycles. The van der Waals surface area contributed by atoms with Gasteiger partial charge in [-0.05, 0) is 26.2 Å². The van der Waals surface area contributed by atoms with Crippen LogP contribution in [0.5, 0.6) is 0 Å². The van der Waals surface area contributed by atoms with Gasteiger partial charge in [0.2, 0.25) is 0 Å². The summed E-state index contributed by atoms with van der Waals surface area (Å²) in [5.74, 6) is -0.424. The lowest BCUT2D eigenvalue weighted by Crippen LogP contribution is -2.31. The quantitative estimate of drug-likeness (QED) is 0.635. The number of unbranched alkanes of at least 4 members (excludes halogenated alkanes) is 1. The Morgan fingerprint density at radius 3 is 2.88 bits per heavy atom. The van der Waals surface area contributed by atoms with Gasteiger partial charge in [0, 0.05) is 6.54 Å². The molecule has 1 rings (SSSR count). The van der Waals surface area contributed by atoms with Crippen LogP contribution in [-0.4, -0.2) is 38.0 Å². The van der Waals surface area contributed by atoms with Crippen LogP contribution in [0.3, 0.4) is 0 Å². The predicted molar refractivity (Wildman–Crippen MR) is 58.5 cm³/mol. The van der Waals surface area contributed by atoms with Crippen LogP contribution in [0.1, 0.15) is 26.2 Å². The maximum Gasteiger partial charge on any atom is 0.341 e. The van der Waals surface area contributed by atoms with Crippen molar-refractivity contribution < 1.29 is 18.4 Å². The lowest BCUT2D eigenvalue weighted by atomic mass is 10.1. The Morgan fingerprint density at radius 1 is 1.69 bits per heavy atom. The molecule has 3 N–H and O–H groups in total. The Bertz CT molecular complexity index is 320. The Balaban J connectivity index is 2.19. The van der Waals surface area contributed by atoms with Gasteiger partial charge in [-0.25, -0.2) is 4.31 Å². The van der Waals surface area contributed by atoms with Crippen LogP contribution >= 0.6 is 0 Å². The van der Waals surface area contributed by atoms with Gasteiger partial charge in [-0.3, -0.25) is 9.08 Å². The van der Waals surface area contributed by atoms with Gasteiger partial charge >= 0.3 is 17.2 Å². The number of nitrogens with zero attached hydrogens (tertiary/aromatic N) is 2. The minimum absolute atomic E-state index is 0.410. The first kappa shape index (κ1) is 12.9. The second kappa shape index (κ2) is 5.80. The third kappa shape index (κ3) is 3.46.